The van der Waals surface area contributed by atoms with Gasteiger partial charge in [-0.05, 0) is 25.2 Å². The monoisotopic (exact) mass is 559 g/mol. The van der Waals surface area contributed by atoms with Crippen LogP contribution in [0.3, 0.4) is 0 Å². The quantitative estimate of drug-likeness (QED) is 0.255. The average Bonchev–Trinajstić information content (AvgIpc) is 3.70. The highest BCUT2D eigenvalue weighted by Crippen LogP contribution is 2.45. The molecule has 1 aliphatic carbocycles. The first-order valence-electron chi connectivity index (χ1n) is 13.7. The summed E-state index contributed by atoms with van der Waals surface area (Å²) in [5.41, 5.74) is 4.15. The number of anilines is 2. The molecule has 2 aromatic heterocycles. The first-order valence-corrected chi connectivity index (χ1v) is 13.7. The number of amides is 1. The molecular formula is C30H33N5O6. The standard InChI is InChI=1S/C30H33N5O6/c1-33(18-24(38-2)39-3)11-10-31-21-17-22(34-12-14-35(15-13-34)30(37)23-9-6-16-40-23)27-26-25(21)28(36)19-7-4-5-8-20(19)29(26)41-32-27/h4-9,16-17,24,31H,10-15,18H2,1-3H3. The number of likely N-dealkylation sites (N-methyl/N-ethyl adjacent to an activating group) is 1. The van der Waals surface area contributed by atoms with E-state index in [1.165, 1.54) is 6.26 Å². The van der Waals surface area contributed by atoms with Crippen LogP contribution in [0.4, 0.5) is 11.4 Å². The van der Waals surface area contributed by atoms with Gasteiger partial charge in [-0.3, -0.25) is 14.5 Å². The molecule has 0 saturated carbocycles. The Hall–Kier alpha value is -4.19. The summed E-state index contributed by atoms with van der Waals surface area (Å²) in [5.74, 6) is 0.758. The molecule has 0 spiro atoms. The molecule has 1 saturated heterocycles. The van der Waals surface area contributed by atoms with E-state index in [9.17, 15) is 9.59 Å². The zero-order valence-corrected chi connectivity index (χ0v) is 23.4. The molecule has 1 fully saturated rings. The van der Waals surface area contributed by atoms with Gasteiger partial charge in [-0.2, -0.15) is 0 Å². The van der Waals surface area contributed by atoms with Crippen LogP contribution in [0.25, 0.3) is 22.2 Å². The molecule has 4 aromatic rings. The van der Waals surface area contributed by atoms with Gasteiger partial charge in [-0.1, -0.05) is 29.4 Å². The average molecular weight is 560 g/mol. The summed E-state index contributed by atoms with van der Waals surface area (Å²) in [6, 6.07) is 12.9. The van der Waals surface area contributed by atoms with Crippen molar-refractivity contribution < 1.29 is 28.0 Å². The Kier molecular flexibility index (Phi) is 7.48. The number of aromatic nitrogens is 1. The maximum absolute atomic E-state index is 13.8. The maximum atomic E-state index is 13.8. The number of carbonyl (C=O) groups excluding carboxylic acids is 2. The van der Waals surface area contributed by atoms with Crippen molar-refractivity contribution in [1.82, 2.24) is 15.0 Å². The molecule has 0 radical (unpaired) electrons. The van der Waals surface area contributed by atoms with E-state index in [0.29, 0.717) is 74.0 Å². The number of hydrogen-bond acceptors (Lipinski definition) is 10. The molecule has 0 unspecified atom stereocenters. The topological polar surface area (TPSA) is 114 Å². The summed E-state index contributed by atoms with van der Waals surface area (Å²) in [5, 5.41) is 8.70. The number of fused-ring (bicyclic) bond motifs is 2. The lowest BCUT2D eigenvalue weighted by molar-refractivity contribution is -0.113. The summed E-state index contributed by atoms with van der Waals surface area (Å²) in [6.45, 7) is 4.16. The van der Waals surface area contributed by atoms with Crippen LogP contribution in [0.5, 0.6) is 0 Å². The van der Waals surface area contributed by atoms with E-state index >= 15 is 0 Å². The van der Waals surface area contributed by atoms with Crippen LogP contribution in [-0.4, -0.2) is 100 Å². The van der Waals surface area contributed by atoms with Crippen molar-refractivity contribution in [2.24, 2.45) is 0 Å². The number of ether oxygens (including phenoxy) is 2. The Labute approximate surface area is 237 Å². The van der Waals surface area contributed by atoms with Crippen LogP contribution in [0.1, 0.15) is 26.5 Å². The van der Waals surface area contributed by atoms with Gasteiger partial charge in [-0.25, -0.2) is 0 Å². The van der Waals surface area contributed by atoms with Gasteiger partial charge >= 0.3 is 0 Å². The Bertz CT molecular complexity index is 1550. The molecule has 2 aliphatic rings. The van der Waals surface area contributed by atoms with E-state index in [1.807, 2.05) is 37.4 Å². The number of carbonyl (C=O) groups is 2. The molecule has 6 rings (SSSR count). The van der Waals surface area contributed by atoms with Crippen molar-refractivity contribution in [3.05, 3.63) is 65.6 Å². The lowest BCUT2D eigenvalue weighted by Crippen LogP contribution is -2.48. The second-order valence-corrected chi connectivity index (χ2v) is 10.3. The fourth-order valence-electron chi connectivity index (χ4n) is 5.60. The maximum Gasteiger partial charge on any atom is 0.289 e. The lowest BCUT2D eigenvalue weighted by Gasteiger charge is -2.36. The number of nitrogens with zero attached hydrogens (tertiary/aromatic N) is 4. The Morgan fingerprint density at radius 2 is 1.85 bits per heavy atom. The van der Waals surface area contributed by atoms with E-state index in [-0.39, 0.29) is 18.0 Å². The zero-order valence-electron chi connectivity index (χ0n) is 23.4. The Balaban J connectivity index is 1.30. The minimum atomic E-state index is -0.319. The fraction of sp³-hybridized carbons (Fsp3) is 0.367. The van der Waals surface area contributed by atoms with E-state index in [2.05, 4.69) is 20.3 Å². The van der Waals surface area contributed by atoms with Crippen LogP contribution in [0, 0.1) is 0 Å². The van der Waals surface area contributed by atoms with Gasteiger partial charge in [-0.15, -0.1) is 0 Å². The molecule has 11 nitrogen and oxygen atoms in total. The second-order valence-electron chi connectivity index (χ2n) is 10.3. The molecule has 11 heteroatoms. The zero-order chi connectivity index (χ0) is 28.5. The first-order chi connectivity index (χ1) is 20.0. The Morgan fingerprint density at radius 1 is 1.10 bits per heavy atom. The number of hydrogen-bond donors (Lipinski definition) is 1. The van der Waals surface area contributed by atoms with Crippen molar-refractivity contribution in [3.63, 3.8) is 0 Å². The van der Waals surface area contributed by atoms with Crippen molar-refractivity contribution in [2.75, 3.05) is 77.3 Å². The number of ketones is 1. The third-order valence-electron chi connectivity index (χ3n) is 7.81. The SMILES string of the molecule is COC(CN(C)CCNc1cc(N2CCN(C(=O)c3ccco3)CC2)c2noc3c2c1C(=O)c1ccccc1-3)OC. The van der Waals surface area contributed by atoms with Crippen LogP contribution < -0.4 is 10.2 Å². The third kappa shape index (κ3) is 4.96. The van der Waals surface area contributed by atoms with Crippen molar-refractivity contribution >= 4 is 34.0 Å². The van der Waals surface area contributed by atoms with Gasteiger partial charge in [0, 0.05) is 76.8 Å². The number of rotatable bonds is 10. The highest BCUT2D eigenvalue weighted by molar-refractivity contribution is 6.28. The molecule has 214 valence electrons. The highest BCUT2D eigenvalue weighted by Gasteiger charge is 2.34. The largest absolute Gasteiger partial charge is 0.459 e. The smallest absolute Gasteiger partial charge is 0.289 e. The van der Waals surface area contributed by atoms with Gasteiger partial charge in [0.2, 0.25) is 0 Å². The summed E-state index contributed by atoms with van der Waals surface area (Å²) in [7, 11) is 5.23. The van der Waals surface area contributed by atoms with Gasteiger partial charge in [0.25, 0.3) is 5.91 Å². The van der Waals surface area contributed by atoms with Gasteiger partial charge < -0.3 is 33.5 Å². The minimum absolute atomic E-state index is 0.0589. The van der Waals surface area contributed by atoms with Crippen LogP contribution in [0.2, 0.25) is 0 Å². The molecular weight excluding hydrogens is 526 g/mol. The number of nitrogens with one attached hydrogen (secondary N) is 1. The van der Waals surface area contributed by atoms with E-state index in [4.69, 9.17) is 18.4 Å². The fourth-order valence-corrected chi connectivity index (χ4v) is 5.60. The molecule has 1 amide bonds. The lowest BCUT2D eigenvalue weighted by atomic mass is 9.86. The van der Waals surface area contributed by atoms with Crippen molar-refractivity contribution in [2.45, 2.75) is 6.29 Å². The minimum Gasteiger partial charge on any atom is -0.459 e. The van der Waals surface area contributed by atoms with E-state index in [0.717, 1.165) is 22.3 Å². The summed E-state index contributed by atoms with van der Waals surface area (Å²) in [6.07, 6.45) is 1.19. The molecule has 41 heavy (non-hydrogen) atoms. The molecule has 3 heterocycles. The van der Waals surface area contributed by atoms with Gasteiger partial charge in [0.05, 0.1) is 22.9 Å². The predicted octanol–water partition coefficient (Wildman–Crippen LogP) is 3.56. The van der Waals surface area contributed by atoms with Crippen molar-refractivity contribution in [3.8, 4) is 11.3 Å². The number of furan rings is 1. The summed E-state index contributed by atoms with van der Waals surface area (Å²) >= 11 is 0. The second kappa shape index (κ2) is 11.4. The number of benzene rings is 2. The number of methoxy groups -OCH3 is 2. The summed E-state index contributed by atoms with van der Waals surface area (Å²) < 4.78 is 21.9. The van der Waals surface area contributed by atoms with Crippen molar-refractivity contribution in [1.29, 1.82) is 0 Å². The van der Waals surface area contributed by atoms with Gasteiger partial charge in [0.15, 0.2) is 23.6 Å². The van der Waals surface area contributed by atoms with Crippen LogP contribution >= 0.6 is 0 Å². The van der Waals surface area contributed by atoms with E-state index in [1.54, 1.807) is 31.3 Å². The molecule has 1 N–H and O–H groups in total. The highest BCUT2D eigenvalue weighted by atomic mass is 16.7. The van der Waals surface area contributed by atoms with E-state index < -0.39 is 0 Å². The molecule has 2 aromatic carbocycles. The van der Waals surface area contributed by atoms with Crippen LogP contribution in [-0.2, 0) is 9.47 Å². The summed E-state index contributed by atoms with van der Waals surface area (Å²) in [4.78, 5) is 32.7. The third-order valence-corrected chi connectivity index (χ3v) is 7.81. The van der Waals surface area contributed by atoms with Gasteiger partial charge in [0.1, 0.15) is 5.52 Å². The van der Waals surface area contributed by atoms with Crippen LogP contribution in [0.15, 0.2) is 57.7 Å². The Morgan fingerprint density at radius 3 is 2.56 bits per heavy atom. The molecule has 1 aliphatic heterocycles. The number of piperazine rings is 1. The predicted molar refractivity (Wildman–Crippen MR) is 153 cm³/mol. The molecule has 0 bridgehead atoms. The molecule has 0 atom stereocenters. The normalized spacial score (nSPS) is 14.8. The first kappa shape index (κ1) is 27.0.